The van der Waals surface area contributed by atoms with Crippen molar-refractivity contribution in [3.63, 3.8) is 0 Å². The van der Waals surface area contributed by atoms with Crippen LogP contribution in [0.2, 0.25) is 0 Å². The highest BCUT2D eigenvalue weighted by Gasteiger charge is 2.38. The number of alkyl halides is 3. The van der Waals surface area contributed by atoms with Crippen LogP contribution in [0.1, 0.15) is 43.2 Å². The number of pyridine rings is 1. The Morgan fingerprint density at radius 1 is 1.20 bits per heavy atom. The van der Waals surface area contributed by atoms with Crippen molar-refractivity contribution in [1.29, 1.82) is 0 Å². The van der Waals surface area contributed by atoms with Gasteiger partial charge in [0.25, 0.3) is 0 Å². The van der Waals surface area contributed by atoms with Gasteiger partial charge in [-0.25, -0.2) is 0 Å². The van der Waals surface area contributed by atoms with Gasteiger partial charge in [0.1, 0.15) is 0 Å². The molecule has 5 nitrogen and oxygen atoms in total. The topological polar surface area (TPSA) is 55.1 Å². The second-order valence-electron chi connectivity index (χ2n) is 6.93. The predicted molar refractivity (Wildman–Crippen MR) is 83.7 cm³/mol. The summed E-state index contributed by atoms with van der Waals surface area (Å²) in [6.45, 7) is 3.33. The van der Waals surface area contributed by atoms with E-state index in [1.165, 1.54) is 25.6 Å². The van der Waals surface area contributed by atoms with Gasteiger partial charge in [-0.2, -0.15) is 18.2 Å². The van der Waals surface area contributed by atoms with E-state index in [1.54, 1.807) is 6.07 Å². The van der Waals surface area contributed by atoms with E-state index in [4.69, 9.17) is 0 Å². The van der Waals surface area contributed by atoms with E-state index >= 15 is 0 Å². The van der Waals surface area contributed by atoms with Crippen LogP contribution in [0.25, 0.3) is 11.4 Å². The second kappa shape index (κ2) is 6.40. The Hall–Kier alpha value is -1.96. The van der Waals surface area contributed by atoms with Gasteiger partial charge in [-0.1, -0.05) is 5.16 Å². The molecule has 0 radical (unpaired) electrons. The van der Waals surface area contributed by atoms with Crippen molar-refractivity contribution in [1.82, 2.24) is 20.0 Å². The van der Waals surface area contributed by atoms with Crippen molar-refractivity contribution in [2.75, 3.05) is 19.6 Å². The molecule has 3 heterocycles. The van der Waals surface area contributed by atoms with Crippen LogP contribution in [0.4, 0.5) is 13.2 Å². The summed E-state index contributed by atoms with van der Waals surface area (Å²) in [5.41, 5.74) is 1.40. The fourth-order valence-electron chi connectivity index (χ4n) is 3.36. The third kappa shape index (κ3) is 3.84. The highest BCUT2D eigenvalue weighted by Crippen LogP contribution is 2.33. The minimum Gasteiger partial charge on any atom is -0.329 e. The van der Waals surface area contributed by atoms with Gasteiger partial charge in [0.2, 0.25) is 5.82 Å². The number of hydrogen-bond acceptors (Lipinski definition) is 5. The van der Waals surface area contributed by atoms with Gasteiger partial charge in [0.15, 0.2) is 0 Å². The molecule has 2 aromatic rings. The molecule has 0 bridgehead atoms. The molecule has 1 saturated heterocycles. The molecule has 0 N–H and O–H groups in total. The molecule has 25 heavy (non-hydrogen) atoms. The molecule has 0 aromatic carbocycles. The Balaban J connectivity index is 1.45. The molecule has 2 aliphatic rings. The summed E-state index contributed by atoms with van der Waals surface area (Å²) in [5, 5.41) is 3.39. The fraction of sp³-hybridized carbons (Fsp3) is 0.588. The number of rotatable bonds is 4. The minimum absolute atomic E-state index is 0.0922. The molecule has 1 saturated carbocycles. The molecule has 0 amide bonds. The lowest BCUT2D eigenvalue weighted by Gasteiger charge is -2.32. The Kier molecular flexibility index (Phi) is 4.23. The van der Waals surface area contributed by atoms with Gasteiger partial charge in [-0.05, 0) is 50.3 Å². The molecule has 8 heteroatoms. The Labute approximate surface area is 143 Å². The number of likely N-dealkylation sites (tertiary alicyclic amines) is 1. The summed E-state index contributed by atoms with van der Waals surface area (Å²) in [7, 11) is 0. The first-order chi connectivity index (χ1) is 12.0. The molecule has 2 fully saturated rings. The van der Waals surface area contributed by atoms with Crippen LogP contribution >= 0.6 is 0 Å². The summed E-state index contributed by atoms with van der Waals surface area (Å²) in [4.78, 5) is 10.4. The molecular weight excluding hydrogens is 333 g/mol. The van der Waals surface area contributed by atoms with Gasteiger partial charge in [0, 0.05) is 36.5 Å². The first-order valence-corrected chi connectivity index (χ1v) is 8.58. The smallest absolute Gasteiger partial charge is 0.329 e. The van der Waals surface area contributed by atoms with Gasteiger partial charge < -0.3 is 9.42 Å². The lowest BCUT2D eigenvalue weighted by atomic mass is 9.94. The minimum atomic E-state index is -4.63. The first kappa shape index (κ1) is 16.5. The zero-order valence-electron chi connectivity index (χ0n) is 13.7. The zero-order chi connectivity index (χ0) is 17.4. The molecule has 0 unspecified atom stereocenters. The SMILES string of the molecule is FC(F)(F)c1nc(-c2ccc([C@@H]3CCCN(CC4CC4)C3)nc2)no1. The van der Waals surface area contributed by atoms with E-state index in [0.29, 0.717) is 11.5 Å². The Morgan fingerprint density at radius 2 is 2.04 bits per heavy atom. The summed E-state index contributed by atoms with van der Waals surface area (Å²) >= 11 is 0. The number of hydrogen-bond donors (Lipinski definition) is 0. The third-order valence-electron chi connectivity index (χ3n) is 4.85. The fourth-order valence-corrected chi connectivity index (χ4v) is 3.36. The van der Waals surface area contributed by atoms with Crippen LogP contribution in [-0.4, -0.2) is 39.7 Å². The maximum Gasteiger partial charge on any atom is 0.471 e. The van der Waals surface area contributed by atoms with E-state index < -0.39 is 12.1 Å². The summed E-state index contributed by atoms with van der Waals surface area (Å²) < 4.78 is 41.9. The summed E-state index contributed by atoms with van der Waals surface area (Å²) in [6.07, 6.45) is 1.83. The van der Waals surface area contributed by atoms with Crippen molar-refractivity contribution in [3.05, 3.63) is 29.9 Å². The molecule has 1 aliphatic heterocycles. The number of aromatic nitrogens is 3. The first-order valence-electron chi connectivity index (χ1n) is 8.58. The monoisotopic (exact) mass is 352 g/mol. The van der Waals surface area contributed by atoms with E-state index in [1.807, 2.05) is 6.07 Å². The third-order valence-corrected chi connectivity index (χ3v) is 4.85. The van der Waals surface area contributed by atoms with Crippen LogP contribution in [0.5, 0.6) is 0 Å². The van der Waals surface area contributed by atoms with E-state index in [2.05, 4.69) is 24.5 Å². The largest absolute Gasteiger partial charge is 0.471 e. The average molecular weight is 352 g/mol. The molecular formula is C17H19F3N4O. The van der Waals surface area contributed by atoms with Gasteiger partial charge >= 0.3 is 12.1 Å². The van der Waals surface area contributed by atoms with Gasteiger partial charge in [-0.3, -0.25) is 4.98 Å². The molecule has 2 aromatic heterocycles. The Morgan fingerprint density at radius 3 is 2.68 bits per heavy atom. The van der Waals surface area contributed by atoms with Gasteiger partial charge in [0.05, 0.1) is 0 Å². The average Bonchev–Trinajstić information content (AvgIpc) is 3.25. The quantitative estimate of drug-likeness (QED) is 0.839. The van der Waals surface area contributed by atoms with Gasteiger partial charge in [-0.15, -0.1) is 0 Å². The van der Waals surface area contributed by atoms with Crippen LogP contribution < -0.4 is 0 Å². The maximum absolute atomic E-state index is 12.5. The van der Waals surface area contributed by atoms with Crippen LogP contribution in [-0.2, 0) is 6.18 Å². The van der Waals surface area contributed by atoms with Crippen LogP contribution in [0, 0.1) is 5.92 Å². The summed E-state index contributed by atoms with van der Waals surface area (Å²) in [5.74, 6) is -0.187. The normalized spacial score (nSPS) is 22.3. The van der Waals surface area contributed by atoms with Crippen molar-refractivity contribution in [2.24, 2.45) is 5.92 Å². The van der Waals surface area contributed by atoms with Crippen molar-refractivity contribution < 1.29 is 17.7 Å². The number of piperidine rings is 1. The lowest BCUT2D eigenvalue weighted by molar-refractivity contribution is -0.159. The van der Waals surface area contributed by atoms with Crippen LogP contribution in [0.15, 0.2) is 22.9 Å². The van der Waals surface area contributed by atoms with Crippen LogP contribution in [0.3, 0.4) is 0 Å². The van der Waals surface area contributed by atoms with E-state index in [0.717, 1.165) is 37.5 Å². The standard InChI is InChI=1S/C17H19F3N4O/c18-17(19,20)16-22-15(23-25-16)12-5-6-14(21-8-12)13-2-1-7-24(10-13)9-11-3-4-11/h5-6,8,11,13H,1-4,7,9-10H2/t13-/m1/s1. The molecule has 1 aliphatic carbocycles. The predicted octanol–water partition coefficient (Wildman–Crippen LogP) is 3.74. The molecule has 134 valence electrons. The summed E-state index contributed by atoms with van der Waals surface area (Å²) in [6, 6.07) is 3.58. The van der Waals surface area contributed by atoms with Crippen molar-refractivity contribution >= 4 is 0 Å². The number of halogens is 3. The van der Waals surface area contributed by atoms with Crippen molar-refractivity contribution in [3.8, 4) is 11.4 Å². The van der Waals surface area contributed by atoms with Crippen molar-refractivity contribution in [2.45, 2.75) is 37.8 Å². The Bertz CT molecular complexity index is 724. The van der Waals surface area contributed by atoms with E-state index in [-0.39, 0.29) is 5.82 Å². The zero-order valence-corrected chi connectivity index (χ0v) is 13.7. The highest BCUT2D eigenvalue weighted by molar-refractivity contribution is 5.52. The lowest BCUT2D eigenvalue weighted by Crippen LogP contribution is -2.36. The second-order valence-corrected chi connectivity index (χ2v) is 6.93. The number of nitrogens with zero attached hydrogens (tertiary/aromatic N) is 4. The highest BCUT2D eigenvalue weighted by atomic mass is 19.4. The maximum atomic E-state index is 12.5. The molecule has 1 atom stereocenters. The molecule has 4 rings (SSSR count). The van der Waals surface area contributed by atoms with E-state index in [9.17, 15) is 13.2 Å². The molecule has 0 spiro atoms.